The predicted octanol–water partition coefficient (Wildman–Crippen LogP) is 3.70. The van der Waals surface area contributed by atoms with Crippen LogP contribution in [-0.4, -0.2) is 11.7 Å². The lowest BCUT2D eigenvalue weighted by Gasteiger charge is -2.20. The Bertz CT molecular complexity index is 518. The van der Waals surface area contributed by atoms with Gasteiger partial charge in [0, 0.05) is 0 Å². The van der Waals surface area contributed by atoms with Crippen LogP contribution in [0.15, 0.2) is 12.1 Å². The molecule has 0 saturated carbocycles. The van der Waals surface area contributed by atoms with Gasteiger partial charge in [-0.05, 0) is 32.9 Å². The summed E-state index contributed by atoms with van der Waals surface area (Å²) >= 11 is 5.77. The van der Waals surface area contributed by atoms with E-state index in [-0.39, 0.29) is 16.3 Å². The van der Waals surface area contributed by atoms with E-state index in [1.54, 1.807) is 26.8 Å². The second-order valence-electron chi connectivity index (χ2n) is 4.55. The minimum Gasteiger partial charge on any atom is -0.444 e. The van der Waals surface area contributed by atoms with Gasteiger partial charge in [0.25, 0.3) is 0 Å². The molecule has 1 N–H and O–H groups in total. The number of carbonyl (C=O) groups is 1. The molecular weight excluding hydrogens is 259 g/mol. The summed E-state index contributed by atoms with van der Waals surface area (Å²) in [5.74, 6) is -0.647. The summed E-state index contributed by atoms with van der Waals surface area (Å²) < 4.78 is 18.0. The molecule has 0 aromatic heterocycles. The second kappa shape index (κ2) is 5.23. The molecule has 0 saturated heterocycles. The predicted molar refractivity (Wildman–Crippen MR) is 66.0 cm³/mol. The van der Waals surface area contributed by atoms with Crippen LogP contribution >= 0.6 is 11.6 Å². The molecule has 0 aliphatic carbocycles. The molecule has 0 radical (unpaired) electrons. The van der Waals surface area contributed by atoms with E-state index in [0.717, 1.165) is 12.1 Å². The molecule has 4 nitrogen and oxygen atoms in total. The number of nitrogens with zero attached hydrogens (tertiary/aromatic N) is 1. The lowest BCUT2D eigenvalue weighted by molar-refractivity contribution is 0.0636. The fourth-order valence-corrected chi connectivity index (χ4v) is 1.45. The Hall–Kier alpha value is -1.80. The molecule has 1 aromatic rings. The second-order valence-corrected chi connectivity index (χ2v) is 4.96. The van der Waals surface area contributed by atoms with Crippen LogP contribution in [-0.2, 0) is 4.74 Å². The van der Waals surface area contributed by atoms with Crippen molar-refractivity contribution < 1.29 is 13.9 Å². The Morgan fingerprint density at radius 2 is 2.11 bits per heavy atom. The Labute approximate surface area is 109 Å². The summed E-state index contributed by atoms with van der Waals surface area (Å²) in [4.78, 5) is 11.5. The molecule has 96 valence electrons. The van der Waals surface area contributed by atoms with Gasteiger partial charge in [0.1, 0.15) is 17.5 Å². The minimum atomic E-state index is -0.757. The third-order valence-electron chi connectivity index (χ3n) is 1.80. The van der Waals surface area contributed by atoms with Gasteiger partial charge >= 0.3 is 6.09 Å². The monoisotopic (exact) mass is 270 g/mol. The average molecular weight is 271 g/mol. The molecule has 0 aliphatic heterocycles. The van der Waals surface area contributed by atoms with Gasteiger partial charge in [0.2, 0.25) is 0 Å². The number of halogens is 2. The summed E-state index contributed by atoms with van der Waals surface area (Å²) in [5, 5.41) is 11.1. The fraction of sp³-hybridized carbons (Fsp3) is 0.333. The zero-order valence-electron chi connectivity index (χ0n) is 10.2. The largest absolute Gasteiger partial charge is 0.444 e. The van der Waals surface area contributed by atoms with Gasteiger partial charge < -0.3 is 4.74 Å². The molecule has 1 amide bonds. The van der Waals surface area contributed by atoms with Gasteiger partial charge in [-0.1, -0.05) is 11.6 Å². The van der Waals surface area contributed by atoms with Crippen molar-refractivity contribution in [1.82, 2.24) is 0 Å². The summed E-state index contributed by atoms with van der Waals surface area (Å²) in [5.41, 5.74) is -0.704. The number of ether oxygens (including phenoxy) is 1. The smallest absolute Gasteiger partial charge is 0.412 e. The zero-order valence-corrected chi connectivity index (χ0v) is 10.9. The van der Waals surface area contributed by atoms with Gasteiger partial charge in [0.15, 0.2) is 0 Å². The molecule has 0 atom stereocenters. The highest BCUT2D eigenvalue weighted by Gasteiger charge is 2.19. The van der Waals surface area contributed by atoms with Crippen molar-refractivity contribution in [2.45, 2.75) is 26.4 Å². The zero-order chi connectivity index (χ0) is 13.9. The van der Waals surface area contributed by atoms with E-state index in [1.165, 1.54) is 0 Å². The lowest BCUT2D eigenvalue weighted by Crippen LogP contribution is -2.27. The molecule has 0 heterocycles. The van der Waals surface area contributed by atoms with Crippen LogP contribution in [0.5, 0.6) is 0 Å². The van der Waals surface area contributed by atoms with Gasteiger partial charge in [0.05, 0.1) is 16.3 Å². The van der Waals surface area contributed by atoms with Crippen molar-refractivity contribution in [2.75, 3.05) is 5.32 Å². The number of nitrogens with one attached hydrogen (secondary N) is 1. The molecule has 1 rings (SSSR count). The van der Waals surface area contributed by atoms with Gasteiger partial charge in [-0.25, -0.2) is 9.18 Å². The first-order valence-corrected chi connectivity index (χ1v) is 5.50. The van der Waals surface area contributed by atoms with E-state index in [9.17, 15) is 9.18 Å². The molecule has 0 unspecified atom stereocenters. The van der Waals surface area contributed by atoms with Crippen LogP contribution in [0.25, 0.3) is 0 Å². The van der Waals surface area contributed by atoms with Gasteiger partial charge in [-0.15, -0.1) is 0 Å². The first-order chi connectivity index (χ1) is 8.23. The molecule has 0 bridgehead atoms. The normalized spacial score (nSPS) is 10.7. The molecule has 6 heteroatoms. The highest BCUT2D eigenvalue weighted by Crippen LogP contribution is 2.27. The summed E-state index contributed by atoms with van der Waals surface area (Å²) in [6.45, 7) is 5.10. The van der Waals surface area contributed by atoms with Crippen LogP contribution in [0.4, 0.5) is 14.9 Å². The van der Waals surface area contributed by atoms with Gasteiger partial charge in [-0.2, -0.15) is 5.26 Å². The lowest BCUT2D eigenvalue weighted by atomic mass is 10.2. The number of hydrogen-bond acceptors (Lipinski definition) is 3. The van der Waals surface area contributed by atoms with Crippen LogP contribution in [0, 0.1) is 17.1 Å². The average Bonchev–Trinajstić information content (AvgIpc) is 2.18. The Balaban J connectivity index is 2.98. The Kier molecular flexibility index (Phi) is 4.15. The van der Waals surface area contributed by atoms with Crippen molar-refractivity contribution in [3.05, 3.63) is 28.5 Å². The highest BCUT2D eigenvalue weighted by atomic mass is 35.5. The van der Waals surface area contributed by atoms with Gasteiger partial charge in [-0.3, -0.25) is 5.32 Å². The van der Waals surface area contributed by atoms with E-state index in [4.69, 9.17) is 21.6 Å². The third kappa shape index (κ3) is 3.90. The standard InChI is InChI=1S/C12H12ClFN2O2/c1-12(2,3)18-11(17)16-10-7(6-15)4-8(14)5-9(10)13/h4-5H,1-3H3,(H,16,17). The van der Waals surface area contributed by atoms with E-state index in [0.29, 0.717) is 0 Å². The number of anilines is 1. The highest BCUT2D eigenvalue weighted by molar-refractivity contribution is 6.34. The van der Waals surface area contributed by atoms with Crippen LogP contribution in [0.3, 0.4) is 0 Å². The first kappa shape index (κ1) is 14.3. The summed E-state index contributed by atoms with van der Waals surface area (Å²) in [6, 6.07) is 3.74. The van der Waals surface area contributed by atoms with Crippen molar-refractivity contribution in [3.63, 3.8) is 0 Å². The first-order valence-electron chi connectivity index (χ1n) is 5.12. The number of carbonyl (C=O) groups excluding carboxylic acids is 1. The molecule has 1 aromatic carbocycles. The number of benzene rings is 1. The van der Waals surface area contributed by atoms with E-state index >= 15 is 0 Å². The Morgan fingerprint density at radius 1 is 1.50 bits per heavy atom. The fourth-order valence-electron chi connectivity index (χ4n) is 1.19. The van der Waals surface area contributed by atoms with Crippen LogP contribution in [0.1, 0.15) is 26.3 Å². The molecular formula is C12H12ClFN2O2. The number of rotatable bonds is 1. The van der Waals surface area contributed by atoms with Crippen LogP contribution < -0.4 is 5.32 Å². The van der Waals surface area contributed by atoms with Crippen molar-refractivity contribution >= 4 is 23.4 Å². The van der Waals surface area contributed by atoms with E-state index in [2.05, 4.69) is 5.32 Å². The maximum absolute atomic E-state index is 13.0. The quantitative estimate of drug-likeness (QED) is 0.846. The molecule has 18 heavy (non-hydrogen) atoms. The molecule has 0 fully saturated rings. The number of amides is 1. The topological polar surface area (TPSA) is 62.1 Å². The number of hydrogen-bond donors (Lipinski definition) is 1. The molecule has 0 aliphatic rings. The van der Waals surface area contributed by atoms with E-state index in [1.807, 2.05) is 0 Å². The summed E-state index contributed by atoms with van der Waals surface area (Å²) in [7, 11) is 0. The third-order valence-corrected chi connectivity index (χ3v) is 2.10. The maximum Gasteiger partial charge on any atom is 0.412 e. The van der Waals surface area contributed by atoms with Crippen molar-refractivity contribution in [1.29, 1.82) is 5.26 Å². The van der Waals surface area contributed by atoms with Crippen molar-refractivity contribution in [2.24, 2.45) is 0 Å². The minimum absolute atomic E-state index is 0.0369. The van der Waals surface area contributed by atoms with E-state index < -0.39 is 17.5 Å². The SMILES string of the molecule is CC(C)(C)OC(=O)Nc1c(Cl)cc(F)cc1C#N. The molecule has 0 spiro atoms. The van der Waals surface area contributed by atoms with Crippen molar-refractivity contribution in [3.8, 4) is 6.07 Å². The Morgan fingerprint density at radius 3 is 2.61 bits per heavy atom. The van der Waals surface area contributed by atoms with Crippen LogP contribution in [0.2, 0.25) is 5.02 Å². The number of nitriles is 1. The maximum atomic E-state index is 13.0. The summed E-state index contributed by atoms with van der Waals surface area (Å²) in [6.07, 6.45) is -0.757.